The fourth-order valence-electron chi connectivity index (χ4n) is 1.50. The van der Waals surface area contributed by atoms with Crippen LogP contribution in [0.2, 0.25) is 0 Å². The van der Waals surface area contributed by atoms with E-state index in [1.807, 2.05) is 4.98 Å². The van der Waals surface area contributed by atoms with Gasteiger partial charge in [0.1, 0.15) is 12.2 Å². The number of hydrogen-bond acceptors (Lipinski definition) is 6. The first-order valence-electron chi connectivity index (χ1n) is 4.52. The van der Waals surface area contributed by atoms with Crippen molar-refractivity contribution in [3.8, 4) is 0 Å². The molecule has 4 N–H and O–H groups in total. The lowest BCUT2D eigenvalue weighted by molar-refractivity contribution is -0.142. The van der Waals surface area contributed by atoms with E-state index in [4.69, 9.17) is 9.84 Å². The summed E-state index contributed by atoms with van der Waals surface area (Å²) >= 11 is 0. The Labute approximate surface area is 88.4 Å². The van der Waals surface area contributed by atoms with E-state index < -0.39 is 36.0 Å². The first-order valence-corrected chi connectivity index (χ1v) is 4.52. The van der Waals surface area contributed by atoms with E-state index in [1.165, 1.54) is 0 Å². The van der Waals surface area contributed by atoms with Gasteiger partial charge in [0, 0.05) is 12.3 Å². The molecule has 1 fully saturated rings. The van der Waals surface area contributed by atoms with E-state index in [1.54, 1.807) is 0 Å². The van der Waals surface area contributed by atoms with Crippen LogP contribution in [0.3, 0.4) is 0 Å². The molecular weight excluding hydrogens is 220 g/mol. The lowest BCUT2D eigenvalue weighted by Gasteiger charge is -2.15. The average molecular weight is 230 g/mol. The zero-order valence-electron chi connectivity index (χ0n) is 7.98. The van der Waals surface area contributed by atoms with Gasteiger partial charge in [0.05, 0.1) is 0 Å². The molecule has 0 amide bonds. The summed E-state index contributed by atoms with van der Waals surface area (Å²) in [5.41, 5.74) is -1.38. The molecule has 1 aliphatic rings. The van der Waals surface area contributed by atoms with Gasteiger partial charge in [0.2, 0.25) is 0 Å². The van der Waals surface area contributed by atoms with Gasteiger partial charge in [-0.05, 0) is 0 Å². The minimum atomic E-state index is -1.57. The Bertz CT molecular complexity index is 494. The molecule has 1 aliphatic heterocycles. The number of nitrogens with one attached hydrogen (secondary N) is 1. The highest BCUT2D eigenvalue weighted by molar-refractivity contribution is 4.90. The van der Waals surface area contributed by atoms with Crippen molar-refractivity contribution in [2.45, 2.75) is 24.7 Å². The van der Waals surface area contributed by atoms with Gasteiger partial charge in [-0.25, -0.2) is 4.79 Å². The van der Waals surface area contributed by atoms with Crippen molar-refractivity contribution in [2.24, 2.45) is 0 Å². The maximum Gasteiger partial charge on any atom is 0.330 e. The van der Waals surface area contributed by atoms with Crippen molar-refractivity contribution >= 4 is 0 Å². The molecule has 4 atom stereocenters. The smallest absolute Gasteiger partial charge is 0.330 e. The molecule has 0 aromatic carbocycles. The van der Waals surface area contributed by atoms with Crippen molar-refractivity contribution in [3.05, 3.63) is 33.1 Å². The van der Waals surface area contributed by atoms with Crippen molar-refractivity contribution in [3.63, 3.8) is 0 Å². The minimum Gasteiger partial charge on any atom is -0.385 e. The molecule has 0 saturated carbocycles. The predicted octanol–water partition coefficient (Wildman–Crippen LogP) is -2.89. The van der Waals surface area contributed by atoms with E-state index in [0.717, 1.165) is 16.8 Å². The van der Waals surface area contributed by atoms with Gasteiger partial charge in [0.25, 0.3) is 5.56 Å². The summed E-state index contributed by atoms with van der Waals surface area (Å²) in [7, 11) is 0. The number of H-pyrrole nitrogens is 1. The maximum absolute atomic E-state index is 11.3. The van der Waals surface area contributed by atoms with Crippen LogP contribution in [-0.2, 0) is 4.74 Å². The summed E-state index contributed by atoms with van der Waals surface area (Å²) < 4.78 is 5.67. The number of rotatable bonds is 1. The van der Waals surface area contributed by atoms with Gasteiger partial charge >= 0.3 is 5.69 Å². The molecule has 8 heteroatoms. The molecule has 4 unspecified atom stereocenters. The highest BCUT2D eigenvalue weighted by atomic mass is 16.7. The topological polar surface area (TPSA) is 125 Å². The summed E-state index contributed by atoms with van der Waals surface area (Å²) in [5.74, 6) is 0. The average Bonchev–Trinajstić information content (AvgIpc) is 2.46. The minimum absolute atomic E-state index is 0.588. The zero-order valence-corrected chi connectivity index (χ0v) is 7.98. The molecule has 1 aromatic rings. The van der Waals surface area contributed by atoms with E-state index in [2.05, 4.69) is 0 Å². The Hall–Kier alpha value is -1.48. The summed E-state index contributed by atoms with van der Waals surface area (Å²) in [6, 6.07) is 1.06. The monoisotopic (exact) mass is 230 g/mol. The fourth-order valence-corrected chi connectivity index (χ4v) is 1.50. The summed E-state index contributed by atoms with van der Waals surface area (Å²) in [4.78, 5) is 24.1. The molecule has 2 heterocycles. The molecule has 8 nitrogen and oxygen atoms in total. The Morgan fingerprint density at radius 2 is 1.94 bits per heavy atom. The van der Waals surface area contributed by atoms with Crippen LogP contribution < -0.4 is 11.2 Å². The molecule has 0 bridgehead atoms. The largest absolute Gasteiger partial charge is 0.385 e. The van der Waals surface area contributed by atoms with Crippen LogP contribution >= 0.6 is 0 Å². The molecule has 0 spiro atoms. The van der Waals surface area contributed by atoms with Crippen molar-refractivity contribution in [2.75, 3.05) is 0 Å². The Morgan fingerprint density at radius 1 is 1.25 bits per heavy atom. The van der Waals surface area contributed by atoms with E-state index in [0.29, 0.717) is 0 Å². The van der Waals surface area contributed by atoms with Gasteiger partial charge < -0.3 is 20.1 Å². The lowest BCUT2D eigenvalue weighted by Crippen LogP contribution is -2.37. The fraction of sp³-hybridized carbons (Fsp3) is 0.500. The van der Waals surface area contributed by atoms with Crippen LogP contribution in [0.25, 0.3) is 0 Å². The van der Waals surface area contributed by atoms with Gasteiger partial charge in [0.15, 0.2) is 12.5 Å². The third kappa shape index (κ3) is 1.67. The van der Waals surface area contributed by atoms with E-state index in [-0.39, 0.29) is 0 Å². The van der Waals surface area contributed by atoms with Crippen LogP contribution in [0, 0.1) is 0 Å². The van der Waals surface area contributed by atoms with Crippen LogP contribution in [0.15, 0.2) is 21.9 Å². The van der Waals surface area contributed by atoms with Crippen molar-refractivity contribution < 1.29 is 20.1 Å². The number of hydrogen-bond donors (Lipinski definition) is 4. The Morgan fingerprint density at radius 3 is 2.44 bits per heavy atom. The third-order valence-electron chi connectivity index (χ3n) is 2.34. The van der Waals surface area contributed by atoms with E-state index in [9.17, 15) is 19.8 Å². The molecule has 16 heavy (non-hydrogen) atoms. The highest BCUT2D eigenvalue weighted by Gasteiger charge is 2.43. The molecule has 2 rings (SSSR count). The Balaban J connectivity index is 2.39. The summed E-state index contributed by atoms with van der Waals surface area (Å²) in [5, 5.41) is 27.8. The molecule has 0 aliphatic carbocycles. The first-order chi connectivity index (χ1) is 7.50. The maximum atomic E-state index is 11.3. The standard InChI is InChI=1S/C8H10N2O6/c11-3-1-2-10(8(15)9-3)6-4(12)5(13)7(14)16-6/h1-2,4-7,12-14H,(H,9,11,15). The number of aromatic amines is 1. The second-order valence-electron chi connectivity index (χ2n) is 3.42. The second-order valence-corrected chi connectivity index (χ2v) is 3.42. The molecular formula is C8H10N2O6. The molecule has 88 valence electrons. The van der Waals surface area contributed by atoms with Gasteiger partial charge in [-0.3, -0.25) is 14.3 Å². The number of aliphatic hydroxyl groups excluding tert-OH is 3. The highest BCUT2D eigenvalue weighted by Crippen LogP contribution is 2.26. The van der Waals surface area contributed by atoms with Crippen LogP contribution in [0.4, 0.5) is 0 Å². The first kappa shape index (κ1) is 11.0. The molecule has 1 aromatic heterocycles. The normalized spacial score (nSPS) is 34.2. The summed E-state index contributed by atoms with van der Waals surface area (Å²) in [6.45, 7) is 0. The lowest BCUT2D eigenvalue weighted by atomic mass is 10.2. The van der Waals surface area contributed by atoms with Gasteiger partial charge in [-0.15, -0.1) is 0 Å². The zero-order chi connectivity index (χ0) is 11.9. The second kappa shape index (κ2) is 3.83. The SMILES string of the molecule is O=c1ccn(C2OC(O)C(O)C2O)c(=O)[nH]1. The Kier molecular flexibility index (Phi) is 2.64. The van der Waals surface area contributed by atoms with Crippen LogP contribution in [-0.4, -0.2) is 43.4 Å². The van der Waals surface area contributed by atoms with Crippen molar-refractivity contribution in [1.82, 2.24) is 9.55 Å². The third-order valence-corrected chi connectivity index (χ3v) is 2.34. The van der Waals surface area contributed by atoms with Gasteiger partial charge in [-0.2, -0.15) is 0 Å². The van der Waals surface area contributed by atoms with Crippen LogP contribution in [0.1, 0.15) is 6.23 Å². The number of ether oxygens (including phenoxy) is 1. The predicted molar refractivity (Wildman–Crippen MR) is 49.5 cm³/mol. The number of aliphatic hydroxyl groups is 3. The summed E-state index contributed by atoms with van der Waals surface area (Å²) in [6.07, 6.45) is -4.63. The number of aromatic nitrogens is 2. The van der Waals surface area contributed by atoms with Crippen molar-refractivity contribution in [1.29, 1.82) is 0 Å². The quantitative estimate of drug-likeness (QED) is 0.410. The molecule has 1 saturated heterocycles. The van der Waals surface area contributed by atoms with Crippen LogP contribution in [0.5, 0.6) is 0 Å². The van der Waals surface area contributed by atoms with E-state index >= 15 is 0 Å². The molecule has 0 radical (unpaired) electrons. The van der Waals surface area contributed by atoms with Gasteiger partial charge in [-0.1, -0.05) is 0 Å². The number of nitrogens with zero attached hydrogens (tertiary/aromatic N) is 1.